The molecule has 0 amide bonds. The highest BCUT2D eigenvalue weighted by molar-refractivity contribution is 5.63. The number of anilines is 1. The van der Waals surface area contributed by atoms with E-state index in [4.69, 9.17) is 9.15 Å². The van der Waals surface area contributed by atoms with E-state index in [1.807, 2.05) is 6.07 Å². The first kappa shape index (κ1) is 21.9. The van der Waals surface area contributed by atoms with Gasteiger partial charge in [-0.1, -0.05) is 25.0 Å². The fourth-order valence-corrected chi connectivity index (χ4v) is 5.82. The highest BCUT2D eigenvalue weighted by Crippen LogP contribution is 2.67. The third-order valence-corrected chi connectivity index (χ3v) is 7.65. The monoisotopic (exact) mass is 455 g/mol. The molecule has 2 aliphatic carbocycles. The number of fused-ring (bicyclic) bond motifs is 5. The SMILES string of the molecule is COCCN(C[C@@]12CC[C@@H](c3cc(-c4c(F)cccc4F)nnc31)C2(C)C)c1nnc(C)o1. The Morgan fingerprint density at radius 2 is 1.91 bits per heavy atom. The van der Waals surface area contributed by atoms with Crippen molar-refractivity contribution in [2.24, 2.45) is 5.41 Å². The quantitative estimate of drug-likeness (QED) is 0.522. The van der Waals surface area contributed by atoms with E-state index in [0.29, 0.717) is 31.6 Å². The molecule has 0 spiro atoms. The third-order valence-electron chi connectivity index (χ3n) is 7.65. The minimum Gasteiger partial charge on any atom is -0.408 e. The van der Waals surface area contributed by atoms with Gasteiger partial charge in [-0.3, -0.25) is 0 Å². The Bertz CT molecular complexity index is 1180. The molecule has 174 valence electrons. The molecule has 2 atom stereocenters. The average molecular weight is 456 g/mol. The Morgan fingerprint density at radius 1 is 1.15 bits per heavy atom. The van der Waals surface area contributed by atoms with Crippen LogP contribution in [-0.4, -0.2) is 47.2 Å². The molecule has 0 saturated heterocycles. The van der Waals surface area contributed by atoms with Gasteiger partial charge in [-0.05, 0) is 47.9 Å². The maximum absolute atomic E-state index is 14.4. The van der Waals surface area contributed by atoms with Crippen molar-refractivity contribution in [3.63, 3.8) is 0 Å². The van der Waals surface area contributed by atoms with Crippen LogP contribution >= 0.6 is 0 Å². The van der Waals surface area contributed by atoms with Gasteiger partial charge >= 0.3 is 6.01 Å². The van der Waals surface area contributed by atoms with Crippen LogP contribution in [0.4, 0.5) is 14.8 Å². The summed E-state index contributed by atoms with van der Waals surface area (Å²) >= 11 is 0. The van der Waals surface area contributed by atoms with Gasteiger partial charge in [0.1, 0.15) is 11.6 Å². The van der Waals surface area contributed by atoms with Crippen LogP contribution in [0.2, 0.25) is 0 Å². The van der Waals surface area contributed by atoms with Gasteiger partial charge < -0.3 is 14.1 Å². The molecule has 7 nitrogen and oxygen atoms in total. The summed E-state index contributed by atoms with van der Waals surface area (Å²) in [4.78, 5) is 2.05. The number of hydrogen-bond donors (Lipinski definition) is 0. The molecule has 3 aromatic rings. The average Bonchev–Trinajstić information content (AvgIpc) is 3.37. The standard InChI is InChI=1S/C24H27F2N5O2/c1-14-27-30-22(33-14)31(10-11-32-4)13-24-9-8-16(23(24,2)3)15-12-19(28-29-21(15)24)20-17(25)6-5-7-18(20)26/h5-7,12,16H,8-11,13H2,1-4H3/t16-,24-/m0/s1. The van der Waals surface area contributed by atoms with Crippen molar-refractivity contribution in [2.45, 2.75) is 44.9 Å². The van der Waals surface area contributed by atoms with Gasteiger partial charge in [-0.15, -0.1) is 5.10 Å². The summed E-state index contributed by atoms with van der Waals surface area (Å²) in [6.45, 7) is 7.94. The number of nitrogens with zero attached hydrogens (tertiary/aromatic N) is 5. The number of aromatic nitrogens is 4. The number of methoxy groups -OCH3 is 1. The maximum atomic E-state index is 14.4. The lowest BCUT2D eigenvalue weighted by Crippen LogP contribution is -2.47. The van der Waals surface area contributed by atoms with Crippen molar-refractivity contribution in [1.82, 2.24) is 20.4 Å². The Balaban J connectivity index is 1.58. The molecule has 1 saturated carbocycles. The molecular formula is C24H27F2N5O2. The van der Waals surface area contributed by atoms with Gasteiger partial charge in [0, 0.05) is 32.5 Å². The number of ether oxygens (including phenoxy) is 1. The van der Waals surface area contributed by atoms with E-state index in [-0.39, 0.29) is 28.0 Å². The van der Waals surface area contributed by atoms with Crippen molar-refractivity contribution in [3.05, 3.63) is 53.0 Å². The lowest BCUT2D eigenvalue weighted by atomic mass is 9.68. The highest BCUT2D eigenvalue weighted by atomic mass is 19.1. The fourth-order valence-electron chi connectivity index (χ4n) is 5.82. The zero-order chi connectivity index (χ0) is 23.4. The van der Waals surface area contributed by atoms with Crippen molar-refractivity contribution in [3.8, 4) is 11.3 Å². The fraction of sp³-hybridized carbons (Fsp3) is 0.500. The van der Waals surface area contributed by atoms with Crippen LogP contribution in [0.1, 0.15) is 49.8 Å². The Morgan fingerprint density at radius 3 is 2.58 bits per heavy atom. The molecule has 33 heavy (non-hydrogen) atoms. The van der Waals surface area contributed by atoms with Gasteiger partial charge in [0.15, 0.2) is 0 Å². The van der Waals surface area contributed by atoms with Crippen LogP contribution in [0.5, 0.6) is 0 Å². The normalized spacial score (nSPS) is 22.5. The van der Waals surface area contributed by atoms with Crippen LogP contribution < -0.4 is 4.90 Å². The molecule has 0 N–H and O–H groups in total. The molecule has 0 radical (unpaired) electrons. The molecular weight excluding hydrogens is 428 g/mol. The number of halogens is 2. The first-order chi connectivity index (χ1) is 15.8. The Hall–Kier alpha value is -2.94. The smallest absolute Gasteiger partial charge is 0.318 e. The van der Waals surface area contributed by atoms with Crippen LogP contribution in [0.25, 0.3) is 11.3 Å². The predicted octanol–water partition coefficient (Wildman–Crippen LogP) is 4.42. The summed E-state index contributed by atoms with van der Waals surface area (Å²) < 4.78 is 39.9. The molecule has 0 unspecified atom stereocenters. The lowest BCUT2D eigenvalue weighted by Gasteiger charge is -2.41. The summed E-state index contributed by atoms with van der Waals surface area (Å²) in [5.74, 6) is -0.570. The van der Waals surface area contributed by atoms with Crippen LogP contribution in [0, 0.1) is 24.0 Å². The van der Waals surface area contributed by atoms with Crippen LogP contribution in [0.15, 0.2) is 28.7 Å². The second-order valence-corrected chi connectivity index (χ2v) is 9.54. The molecule has 5 rings (SSSR count). The minimum atomic E-state index is -0.640. The third kappa shape index (κ3) is 3.24. The zero-order valence-corrected chi connectivity index (χ0v) is 19.2. The highest BCUT2D eigenvalue weighted by Gasteiger charge is 2.64. The molecule has 2 aromatic heterocycles. The Kier molecular flexibility index (Phi) is 5.19. The molecule has 2 aliphatic rings. The summed E-state index contributed by atoms with van der Waals surface area (Å²) in [5.41, 5.74) is 1.55. The second kappa shape index (κ2) is 7.83. The van der Waals surface area contributed by atoms with Gasteiger partial charge in [0.25, 0.3) is 0 Å². The number of aryl methyl sites for hydroxylation is 1. The predicted molar refractivity (Wildman–Crippen MR) is 118 cm³/mol. The van der Waals surface area contributed by atoms with Crippen molar-refractivity contribution in [2.75, 3.05) is 31.7 Å². The molecule has 9 heteroatoms. The van der Waals surface area contributed by atoms with Gasteiger partial charge in [-0.25, -0.2) is 8.78 Å². The van der Waals surface area contributed by atoms with Crippen molar-refractivity contribution >= 4 is 6.01 Å². The van der Waals surface area contributed by atoms with E-state index in [1.54, 1.807) is 14.0 Å². The van der Waals surface area contributed by atoms with E-state index < -0.39 is 11.6 Å². The van der Waals surface area contributed by atoms with Crippen molar-refractivity contribution in [1.29, 1.82) is 0 Å². The lowest BCUT2D eigenvalue weighted by molar-refractivity contribution is 0.184. The topological polar surface area (TPSA) is 77.2 Å². The zero-order valence-electron chi connectivity index (χ0n) is 19.2. The summed E-state index contributed by atoms with van der Waals surface area (Å²) in [5, 5.41) is 17.1. The summed E-state index contributed by atoms with van der Waals surface area (Å²) in [6.07, 6.45) is 1.89. The second-order valence-electron chi connectivity index (χ2n) is 9.54. The van der Waals surface area contributed by atoms with Gasteiger partial charge in [0.05, 0.1) is 23.6 Å². The minimum absolute atomic E-state index is 0.134. The van der Waals surface area contributed by atoms with Gasteiger partial charge in [0.2, 0.25) is 5.89 Å². The summed E-state index contributed by atoms with van der Waals surface area (Å²) in [7, 11) is 1.66. The van der Waals surface area contributed by atoms with E-state index in [1.165, 1.54) is 18.2 Å². The summed E-state index contributed by atoms with van der Waals surface area (Å²) in [6, 6.07) is 6.11. The van der Waals surface area contributed by atoms with Crippen LogP contribution in [-0.2, 0) is 10.2 Å². The van der Waals surface area contributed by atoms with E-state index in [9.17, 15) is 8.78 Å². The molecule has 2 heterocycles. The van der Waals surface area contributed by atoms with Crippen molar-refractivity contribution < 1.29 is 17.9 Å². The molecule has 0 aliphatic heterocycles. The van der Waals surface area contributed by atoms with E-state index >= 15 is 0 Å². The number of hydrogen-bond acceptors (Lipinski definition) is 7. The number of rotatable bonds is 7. The van der Waals surface area contributed by atoms with E-state index in [2.05, 4.69) is 39.1 Å². The largest absolute Gasteiger partial charge is 0.408 e. The number of benzene rings is 1. The Labute approximate surface area is 191 Å². The molecule has 1 aromatic carbocycles. The van der Waals surface area contributed by atoms with Gasteiger partial charge in [-0.2, -0.15) is 10.2 Å². The first-order valence-electron chi connectivity index (χ1n) is 11.1. The maximum Gasteiger partial charge on any atom is 0.318 e. The first-order valence-corrected chi connectivity index (χ1v) is 11.1. The van der Waals surface area contributed by atoms with Crippen LogP contribution in [0.3, 0.4) is 0 Å². The van der Waals surface area contributed by atoms with E-state index in [0.717, 1.165) is 24.1 Å². The molecule has 1 fully saturated rings. The molecule has 2 bridgehead atoms.